The van der Waals surface area contributed by atoms with Gasteiger partial charge in [-0.25, -0.2) is 8.42 Å². The van der Waals surface area contributed by atoms with Crippen LogP contribution in [0.25, 0.3) is 0 Å². The number of hydrogen-bond acceptors (Lipinski definition) is 6. The smallest absolute Gasteiger partial charge is 0.252 e. The van der Waals surface area contributed by atoms with E-state index in [0.717, 1.165) is 25.9 Å². The van der Waals surface area contributed by atoms with Crippen LogP contribution in [0.4, 0.5) is 0 Å². The normalized spacial score (nSPS) is 24.2. The predicted molar refractivity (Wildman–Crippen MR) is 117 cm³/mol. The lowest BCUT2D eigenvalue weighted by Crippen LogP contribution is -2.49. The number of likely N-dealkylation sites (tertiary alicyclic amines) is 1. The van der Waals surface area contributed by atoms with Crippen LogP contribution < -0.4 is 5.32 Å². The van der Waals surface area contributed by atoms with Gasteiger partial charge in [-0.15, -0.1) is 11.3 Å². The number of carbonyl (C=O) groups is 1. The second kappa shape index (κ2) is 10.3. The van der Waals surface area contributed by atoms with Crippen LogP contribution >= 0.6 is 11.3 Å². The van der Waals surface area contributed by atoms with E-state index in [2.05, 4.69) is 24.1 Å². The number of rotatable bonds is 8. The molecule has 2 aliphatic heterocycles. The number of hydrogen-bond donors (Lipinski definition) is 1. The number of sulfonamides is 1. The Morgan fingerprint density at radius 2 is 1.90 bits per heavy atom. The van der Waals surface area contributed by atoms with E-state index in [0.29, 0.717) is 42.5 Å². The Hall–Kier alpha value is -1.00. The molecule has 164 valence electrons. The number of piperidine rings is 1. The fourth-order valence-electron chi connectivity index (χ4n) is 4.32. The lowest BCUT2D eigenvalue weighted by Gasteiger charge is -2.40. The van der Waals surface area contributed by atoms with E-state index in [-0.39, 0.29) is 18.9 Å². The lowest BCUT2D eigenvalue weighted by molar-refractivity contribution is -0.131. The Balaban J connectivity index is 1.67. The summed E-state index contributed by atoms with van der Waals surface area (Å²) >= 11 is 1.24. The minimum absolute atomic E-state index is 0.0394. The van der Waals surface area contributed by atoms with E-state index in [1.54, 1.807) is 17.5 Å². The molecule has 2 aliphatic rings. The van der Waals surface area contributed by atoms with E-state index in [9.17, 15) is 13.2 Å². The average Bonchev–Trinajstić information content (AvgIpc) is 3.26. The molecule has 0 bridgehead atoms. The molecule has 1 N–H and O–H groups in total. The minimum Gasteiger partial charge on any atom is -0.340 e. The van der Waals surface area contributed by atoms with Crippen LogP contribution in [0.1, 0.15) is 39.5 Å². The first-order valence-corrected chi connectivity index (χ1v) is 13.0. The van der Waals surface area contributed by atoms with Gasteiger partial charge < -0.3 is 10.2 Å². The molecule has 2 fully saturated rings. The number of nitrogens with zero attached hydrogens (tertiary/aromatic N) is 3. The predicted octanol–water partition coefficient (Wildman–Crippen LogP) is 1.82. The van der Waals surface area contributed by atoms with E-state index in [1.165, 1.54) is 22.1 Å². The fraction of sp³-hybridized carbons (Fsp3) is 0.750. The van der Waals surface area contributed by atoms with Gasteiger partial charge in [0.15, 0.2) is 0 Å². The van der Waals surface area contributed by atoms with Gasteiger partial charge in [0.25, 0.3) is 10.0 Å². The third-order valence-electron chi connectivity index (χ3n) is 6.12. The molecule has 29 heavy (non-hydrogen) atoms. The van der Waals surface area contributed by atoms with E-state index in [1.807, 2.05) is 4.90 Å². The van der Waals surface area contributed by atoms with Crippen LogP contribution in [-0.4, -0.2) is 86.3 Å². The highest BCUT2D eigenvalue weighted by molar-refractivity contribution is 7.91. The largest absolute Gasteiger partial charge is 0.340 e. The highest BCUT2D eigenvalue weighted by atomic mass is 32.2. The second-order valence-electron chi connectivity index (χ2n) is 8.08. The molecular weight excluding hydrogens is 408 g/mol. The molecule has 1 aromatic rings. The molecule has 3 heterocycles. The van der Waals surface area contributed by atoms with Crippen molar-refractivity contribution in [2.45, 2.75) is 55.8 Å². The van der Waals surface area contributed by atoms with E-state index in [4.69, 9.17) is 0 Å². The van der Waals surface area contributed by atoms with Gasteiger partial charge in [0.1, 0.15) is 4.21 Å². The lowest BCUT2D eigenvalue weighted by atomic mass is 9.98. The average molecular weight is 443 g/mol. The quantitative estimate of drug-likeness (QED) is 0.665. The summed E-state index contributed by atoms with van der Waals surface area (Å²) in [6.45, 7) is 8.79. The molecule has 0 spiro atoms. The molecule has 7 nitrogen and oxygen atoms in total. The van der Waals surface area contributed by atoms with Crippen LogP contribution in [0, 0.1) is 0 Å². The van der Waals surface area contributed by atoms with Crippen LogP contribution in [0.3, 0.4) is 0 Å². The molecule has 2 saturated heterocycles. The van der Waals surface area contributed by atoms with Crippen LogP contribution in [0.5, 0.6) is 0 Å². The monoisotopic (exact) mass is 442 g/mol. The first kappa shape index (κ1) is 22.7. The third kappa shape index (κ3) is 5.79. The molecule has 1 aromatic heterocycles. The summed E-state index contributed by atoms with van der Waals surface area (Å²) in [6, 6.07) is 4.34. The van der Waals surface area contributed by atoms with Gasteiger partial charge in [0.2, 0.25) is 5.91 Å². The Bertz CT molecular complexity index is 738. The molecule has 9 heteroatoms. The highest BCUT2D eigenvalue weighted by Crippen LogP contribution is 2.24. The SMILES string of the molecule is C[C@H]1CCC[C@H](C)N1CCN(CCC(=O)N1CCNCC1)S(=O)(=O)c1cccs1. The fourth-order valence-corrected chi connectivity index (χ4v) is 6.90. The summed E-state index contributed by atoms with van der Waals surface area (Å²) in [6.07, 6.45) is 3.78. The zero-order valence-corrected chi connectivity index (χ0v) is 19.2. The van der Waals surface area contributed by atoms with Crippen molar-refractivity contribution in [2.24, 2.45) is 0 Å². The summed E-state index contributed by atoms with van der Waals surface area (Å²) in [7, 11) is -3.58. The van der Waals surface area contributed by atoms with E-state index < -0.39 is 10.0 Å². The van der Waals surface area contributed by atoms with Gasteiger partial charge in [-0.1, -0.05) is 12.5 Å². The van der Waals surface area contributed by atoms with Crippen molar-refractivity contribution in [1.29, 1.82) is 0 Å². The number of thiophene rings is 1. The number of amides is 1. The van der Waals surface area contributed by atoms with Crippen molar-refractivity contribution < 1.29 is 13.2 Å². The summed E-state index contributed by atoms with van der Waals surface area (Å²) in [5.41, 5.74) is 0. The van der Waals surface area contributed by atoms with Gasteiger partial charge in [-0.05, 0) is 38.1 Å². The maximum absolute atomic E-state index is 13.2. The molecule has 0 unspecified atom stereocenters. The van der Waals surface area contributed by atoms with Gasteiger partial charge in [0, 0.05) is 64.3 Å². The molecule has 1 amide bonds. The first-order chi connectivity index (χ1) is 13.9. The van der Waals surface area contributed by atoms with Crippen molar-refractivity contribution in [1.82, 2.24) is 19.4 Å². The molecule has 0 aliphatic carbocycles. The van der Waals surface area contributed by atoms with Crippen molar-refractivity contribution in [3.63, 3.8) is 0 Å². The summed E-state index contributed by atoms with van der Waals surface area (Å²) in [4.78, 5) is 16.8. The summed E-state index contributed by atoms with van der Waals surface area (Å²) < 4.78 is 28.3. The topological polar surface area (TPSA) is 73.0 Å². The summed E-state index contributed by atoms with van der Waals surface area (Å²) in [5, 5.41) is 5.02. The maximum atomic E-state index is 13.2. The van der Waals surface area contributed by atoms with Crippen molar-refractivity contribution in [3.05, 3.63) is 17.5 Å². The summed E-state index contributed by atoms with van der Waals surface area (Å²) in [5.74, 6) is 0.0394. The number of carbonyl (C=O) groups excluding carboxylic acids is 1. The third-order valence-corrected chi connectivity index (χ3v) is 9.39. The van der Waals surface area contributed by atoms with Crippen molar-refractivity contribution in [3.8, 4) is 0 Å². The first-order valence-electron chi connectivity index (χ1n) is 10.7. The Morgan fingerprint density at radius 3 is 2.52 bits per heavy atom. The molecular formula is C20H34N4O3S2. The van der Waals surface area contributed by atoms with E-state index >= 15 is 0 Å². The molecule has 0 saturated carbocycles. The van der Waals surface area contributed by atoms with Gasteiger partial charge in [-0.3, -0.25) is 9.69 Å². The maximum Gasteiger partial charge on any atom is 0.252 e. The molecule has 2 atom stereocenters. The molecule has 0 aromatic carbocycles. The zero-order chi connectivity index (χ0) is 20.9. The zero-order valence-electron chi connectivity index (χ0n) is 17.5. The molecule has 0 radical (unpaired) electrons. The number of piperazine rings is 1. The molecule has 3 rings (SSSR count). The second-order valence-corrected chi connectivity index (χ2v) is 11.2. The minimum atomic E-state index is -3.58. The van der Waals surface area contributed by atoms with Crippen LogP contribution in [0.2, 0.25) is 0 Å². The van der Waals surface area contributed by atoms with Crippen LogP contribution in [0.15, 0.2) is 21.7 Å². The number of nitrogens with one attached hydrogen (secondary N) is 1. The van der Waals surface area contributed by atoms with Crippen LogP contribution in [-0.2, 0) is 14.8 Å². The van der Waals surface area contributed by atoms with Gasteiger partial charge in [0.05, 0.1) is 0 Å². The Labute approximate surface area is 179 Å². The standard InChI is InChI=1S/C20H34N4O3S2/c1-17-5-3-6-18(2)24(17)15-14-23(29(26,27)20-7-4-16-28-20)11-8-19(25)22-12-9-21-10-13-22/h4,7,16-18,21H,3,5-6,8-15H2,1-2H3/t17-,18-/m0/s1. The Morgan fingerprint density at radius 1 is 1.21 bits per heavy atom. The van der Waals surface area contributed by atoms with Gasteiger partial charge in [-0.2, -0.15) is 4.31 Å². The van der Waals surface area contributed by atoms with Crippen molar-refractivity contribution >= 4 is 27.3 Å². The highest BCUT2D eigenvalue weighted by Gasteiger charge is 2.30. The Kier molecular flexibility index (Phi) is 8.09. The van der Waals surface area contributed by atoms with Crippen molar-refractivity contribution in [2.75, 3.05) is 45.8 Å². The van der Waals surface area contributed by atoms with Gasteiger partial charge >= 0.3 is 0 Å².